The highest BCUT2D eigenvalue weighted by Crippen LogP contribution is 2.22. The lowest BCUT2D eigenvalue weighted by atomic mass is 10.0. The van der Waals surface area contributed by atoms with Gasteiger partial charge in [0.15, 0.2) is 0 Å². The van der Waals surface area contributed by atoms with Crippen molar-refractivity contribution >= 4 is 15.7 Å². The summed E-state index contributed by atoms with van der Waals surface area (Å²) in [6, 6.07) is 8.88. The average Bonchev–Trinajstić information content (AvgIpc) is 2.48. The highest BCUT2D eigenvalue weighted by atomic mass is 32.2. The van der Waals surface area contributed by atoms with Crippen LogP contribution in [0.25, 0.3) is 0 Å². The molecule has 0 bridgehead atoms. The summed E-state index contributed by atoms with van der Waals surface area (Å²) in [6.07, 6.45) is 2.42. The summed E-state index contributed by atoms with van der Waals surface area (Å²) in [6.45, 7) is 7.55. The molecule has 22 heavy (non-hydrogen) atoms. The number of nitrogens with zero attached hydrogens (tertiary/aromatic N) is 1. The van der Waals surface area contributed by atoms with Crippen molar-refractivity contribution < 1.29 is 8.42 Å². The van der Waals surface area contributed by atoms with Gasteiger partial charge in [-0.1, -0.05) is 32.9 Å². The van der Waals surface area contributed by atoms with E-state index in [2.05, 4.69) is 43.4 Å². The predicted octanol–water partition coefficient (Wildman–Crippen LogP) is 3.43. The van der Waals surface area contributed by atoms with Gasteiger partial charge in [0, 0.05) is 24.8 Å². The molecule has 0 amide bonds. The summed E-state index contributed by atoms with van der Waals surface area (Å²) in [5.74, 6) is 0.782. The van der Waals surface area contributed by atoms with E-state index in [1.807, 2.05) is 6.92 Å². The number of sulfonamides is 1. The molecule has 0 unspecified atom stereocenters. The first-order chi connectivity index (χ1) is 10.4. The van der Waals surface area contributed by atoms with E-state index >= 15 is 0 Å². The lowest BCUT2D eigenvalue weighted by Gasteiger charge is -2.32. The molecule has 4 nitrogen and oxygen atoms in total. The Morgan fingerprint density at radius 3 is 2.55 bits per heavy atom. The molecule has 1 saturated heterocycles. The largest absolute Gasteiger partial charge is 0.382 e. The van der Waals surface area contributed by atoms with Crippen LogP contribution in [0.2, 0.25) is 0 Å². The number of hydrogen-bond acceptors (Lipinski definition) is 3. The second-order valence-electron chi connectivity index (χ2n) is 6.41. The maximum atomic E-state index is 12.1. The van der Waals surface area contributed by atoms with Crippen molar-refractivity contribution in [3.63, 3.8) is 0 Å². The molecule has 0 spiro atoms. The summed E-state index contributed by atoms with van der Waals surface area (Å²) >= 11 is 0. The number of hydrogen-bond donors (Lipinski definition) is 1. The lowest BCUT2D eigenvalue weighted by Crippen LogP contribution is -2.43. The van der Waals surface area contributed by atoms with E-state index in [1.54, 1.807) is 4.31 Å². The number of rotatable bonds is 6. The Morgan fingerprint density at radius 2 is 1.95 bits per heavy atom. The van der Waals surface area contributed by atoms with Crippen LogP contribution in [0.5, 0.6) is 0 Å². The lowest BCUT2D eigenvalue weighted by molar-refractivity contribution is 0.329. The van der Waals surface area contributed by atoms with Gasteiger partial charge >= 0.3 is 0 Å². The van der Waals surface area contributed by atoms with E-state index < -0.39 is 10.0 Å². The summed E-state index contributed by atoms with van der Waals surface area (Å²) in [5, 5.41) is 3.56. The molecule has 5 heteroatoms. The Balaban J connectivity index is 1.91. The zero-order chi connectivity index (χ0) is 16.2. The van der Waals surface area contributed by atoms with Gasteiger partial charge in [0.05, 0.1) is 5.75 Å². The summed E-state index contributed by atoms with van der Waals surface area (Å²) in [5.41, 5.74) is 2.47. The monoisotopic (exact) mass is 324 g/mol. The molecule has 1 aromatic carbocycles. The second kappa shape index (κ2) is 7.47. The molecule has 0 radical (unpaired) electrons. The van der Waals surface area contributed by atoms with Crippen LogP contribution in [0, 0.1) is 0 Å². The van der Waals surface area contributed by atoms with Gasteiger partial charge in [0.2, 0.25) is 10.0 Å². The van der Waals surface area contributed by atoms with E-state index in [1.165, 1.54) is 5.56 Å². The minimum Gasteiger partial charge on any atom is -0.382 e. The van der Waals surface area contributed by atoms with E-state index in [-0.39, 0.29) is 5.75 Å². The third-order valence-electron chi connectivity index (χ3n) is 4.23. The van der Waals surface area contributed by atoms with Crippen LogP contribution in [0.4, 0.5) is 5.69 Å². The quantitative estimate of drug-likeness (QED) is 0.872. The smallest absolute Gasteiger partial charge is 0.214 e. The zero-order valence-corrected chi connectivity index (χ0v) is 14.7. The molecule has 124 valence electrons. The normalized spacial score (nSPS) is 17.8. The summed E-state index contributed by atoms with van der Waals surface area (Å²) in [7, 11) is -3.04. The van der Waals surface area contributed by atoms with Crippen LogP contribution in [0.1, 0.15) is 51.5 Å². The molecule has 2 rings (SSSR count). The van der Waals surface area contributed by atoms with Crippen molar-refractivity contribution in [3.05, 3.63) is 29.8 Å². The fourth-order valence-corrected chi connectivity index (χ4v) is 4.43. The minimum atomic E-state index is -3.04. The number of piperidine rings is 1. The molecule has 0 saturated carbocycles. The zero-order valence-electron chi connectivity index (χ0n) is 13.9. The Hall–Kier alpha value is -1.07. The van der Waals surface area contributed by atoms with Gasteiger partial charge in [0.25, 0.3) is 0 Å². The van der Waals surface area contributed by atoms with Crippen LogP contribution < -0.4 is 5.32 Å². The van der Waals surface area contributed by atoms with E-state index in [4.69, 9.17) is 0 Å². The second-order valence-corrected chi connectivity index (χ2v) is 8.50. The van der Waals surface area contributed by atoms with E-state index in [0.29, 0.717) is 31.5 Å². The maximum absolute atomic E-state index is 12.1. The molecule has 1 fully saturated rings. The molecule has 1 aromatic rings. The number of nitrogens with one attached hydrogen (secondary N) is 1. The molecule has 1 aliphatic heterocycles. The van der Waals surface area contributed by atoms with E-state index in [0.717, 1.165) is 18.5 Å². The highest BCUT2D eigenvalue weighted by Gasteiger charge is 2.27. The Morgan fingerprint density at radius 1 is 1.27 bits per heavy atom. The van der Waals surface area contributed by atoms with Crippen molar-refractivity contribution in [3.8, 4) is 0 Å². The average molecular weight is 324 g/mol. The Kier molecular flexibility index (Phi) is 5.87. The Labute approximate surface area is 135 Å². The topological polar surface area (TPSA) is 49.4 Å². The SMILES string of the molecule is CCCS(=O)(=O)N1CCC(Nc2cccc(C(C)C)c2)CC1. The highest BCUT2D eigenvalue weighted by molar-refractivity contribution is 7.89. The van der Waals surface area contributed by atoms with Crippen LogP contribution >= 0.6 is 0 Å². The molecule has 0 aromatic heterocycles. The fourth-order valence-electron chi connectivity index (χ4n) is 2.89. The van der Waals surface area contributed by atoms with Crippen molar-refractivity contribution in [1.29, 1.82) is 0 Å². The molecule has 0 aliphatic carbocycles. The van der Waals surface area contributed by atoms with Crippen LogP contribution in [-0.4, -0.2) is 37.6 Å². The first-order valence-corrected chi connectivity index (χ1v) is 9.87. The fraction of sp³-hybridized carbons (Fsp3) is 0.647. The standard InChI is InChI=1S/C17H28N2O2S/c1-4-12-22(20,21)19-10-8-16(9-11-19)18-17-7-5-6-15(13-17)14(2)3/h5-7,13-14,16,18H,4,8-12H2,1-3H3. The van der Waals surface area contributed by atoms with Crippen molar-refractivity contribution in [2.45, 2.75) is 52.0 Å². The van der Waals surface area contributed by atoms with Gasteiger partial charge in [-0.25, -0.2) is 12.7 Å². The van der Waals surface area contributed by atoms with Gasteiger partial charge in [-0.3, -0.25) is 0 Å². The maximum Gasteiger partial charge on any atom is 0.214 e. The summed E-state index contributed by atoms with van der Waals surface area (Å²) < 4.78 is 25.8. The first-order valence-electron chi connectivity index (χ1n) is 8.26. The van der Waals surface area contributed by atoms with Gasteiger partial charge in [-0.15, -0.1) is 0 Å². The van der Waals surface area contributed by atoms with Gasteiger partial charge in [-0.2, -0.15) is 0 Å². The third-order valence-corrected chi connectivity index (χ3v) is 6.31. The molecule has 1 aliphatic rings. The van der Waals surface area contributed by atoms with Gasteiger partial charge in [-0.05, 0) is 42.9 Å². The van der Waals surface area contributed by atoms with Gasteiger partial charge < -0.3 is 5.32 Å². The molecule has 1 N–H and O–H groups in total. The molecular formula is C17H28N2O2S. The van der Waals surface area contributed by atoms with Gasteiger partial charge in [0.1, 0.15) is 0 Å². The number of anilines is 1. The third kappa shape index (κ3) is 4.46. The van der Waals surface area contributed by atoms with Crippen molar-refractivity contribution in [2.24, 2.45) is 0 Å². The Bertz CT molecular complexity index is 576. The van der Waals surface area contributed by atoms with E-state index in [9.17, 15) is 8.42 Å². The van der Waals surface area contributed by atoms with Crippen molar-refractivity contribution in [1.82, 2.24) is 4.31 Å². The predicted molar refractivity (Wildman–Crippen MR) is 92.8 cm³/mol. The van der Waals surface area contributed by atoms with Crippen molar-refractivity contribution in [2.75, 3.05) is 24.2 Å². The van der Waals surface area contributed by atoms with Crippen LogP contribution in [-0.2, 0) is 10.0 Å². The molecule has 1 heterocycles. The van der Waals surface area contributed by atoms with Crippen LogP contribution in [0.3, 0.4) is 0 Å². The molecular weight excluding hydrogens is 296 g/mol. The first kappa shape index (κ1) is 17.3. The van der Waals surface area contributed by atoms with Crippen LogP contribution in [0.15, 0.2) is 24.3 Å². The number of benzene rings is 1. The molecule has 0 atom stereocenters. The summed E-state index contributed by atoms with van der Waals surface area (Å²) in [4.78, 5) is 0. The minimum absolute atomic E-state index is 0.265.